The lowest BCUT2D eigenvalue weighted by molar-refractivity contribution is 0.212. The zero-order valence-corrected chi connectivity index (χ0v) is 10.9. The van der Waals surface area contributed by atoms with Crippen molar-refractivity contribution < 1.29 is 4.79 Å². The average molecular weight is 247 g/mol. The molecule has 1 heterocycles. The summed E-state index contributed by atoms with van der Waals surface area (Å²) in [4.78, 5) is 13.7. The van der Waals surface area contributed by atoms with Crippen molar-refractivity contribution >= 4 is 11.7 Å². The minimum atomic E-state index is -0.0476. The quantitative estimate of drug-likeness (QED) is 0.860. The number of hydrogen-bond donors (Lipinski definition) is 2. The highest BCUT2D eigenvalue weighted by molar-refractivity contribution is 5.89. The second-order valence-electron chi connectivity index (χ2n) is 4.82. The molecular formula is C14H21N3O. The molecule has 4 heteroatoms. The Labute approximate surface area is 108 Å². The molecule has 1 saturated heterocycles. The number of urea groups is 1. The highest BCUT2D eigenvalue weighted by Crippen LogP contribution is 2.09. The molecule has 4 nitrogen and oxygen atoms in total. The van der Waals surface area contributed by atoms with Crippen LogP contribution in [0.1, 0.15) is 19.3 Å². The summed E-state index contributed by atoms with van der Waals surface area (Å²) in [6.45, 7) is 1.83. The number of benzene rings is 1. The third kappa shape index (κ3) is 3.74. The summed E-state index contributed by atoms with van der Waals surface area (Å²) < 4.78 is 0. The van der Waals surface area contributed by atoms with E-state index in [1.54, 1.807) is 4.90 Å². The third-order valence-electron chi connectivity index (χ3n) is 3.28. The molecule has 0 bridgehead atoms. The number of para-hydroxylation sites is 1. The van der Waals surface area contributed by atoms with Crippen LogP contribution in [0.4, 0.5) is 10.5 Å². The van der Waals surface area contributed by atoms with Gasteiger partial charge < -0.3 is 15.5 Å². The van der Waals surface area contributed by atoms with E-state index in [1.807, 2.05) is 37.4 Å². The lowest BCUT2D eigenvalue weighted by Crippen LogP contribution is -2.45. The third-order valence-corrected chi connectivity index (χ3v) is 3.28. The van der Waals surface area contributed by atoms with Crippen molar-refractivity contribution in [2.45, 2.75) is 25.3 Å². The van der Waals surface area contributed by atoms with Crippen molar-refractivity contribution in [2.24, 2.45) is 0 Å². The van der Waals surface area contributed by atoms with Crippen molar-refractivity contribution in [1.82, 2.24) is 10.2 Å². The van der Waals surface area contributed by atoms with E-state index in [4.69, 9.17) is 0 Å². The normalized spacial score (nSPS) is 19.3. The minimum Gasteiger partial charge on any atom is -0.326 e. The summed E-state index contributed by atoms with van der Waals surface area (Å²) in [5, 5.41) is 6.34. The number of anilines is 1. The zero-order chi connectivity index (χ0) is 12.8. The number of carbonyl (C=O) groups is 1. The summed E-state index contributed by atoms with van der Waals surface area (Å²) in [5.41, 5.74) is 0.839. The van der Waals surface area contributed by atoms with Crippen LogP contribution in [0.25, 0.3) is 0 Å². The molecule has 1 aliphatic rings. The second kappa shape index (κ2) is 6.40. The fraction of sp³-hybridized carbons (Fsp3) is 0.500. The molecule has 0 spiro atoms. The van der Waals surface area contributed by atoms with Gasteiger partial charge in [0, 0.05) is 25.3 Å². The Kier molecular flexibility index (Phi) is 4.59. The van der Waals surface area contributed by atoms with E-state index < -0.39 is 0 Å². The Hall–Kier alpha value is -1.55. The van der Waals surface area contributed by atoms with Gasteiger partial charge in [-0.1, -0.05) is 24.6 Å². The molecule has 0 radical (unpaired) electrons. The molecule has 0 aromatic heterocycles. The Bertz CT molecular complexity index is 374. The molecule has 2 amide bonds. The van der Waals surface area contributed by atoms with Gasteiger partial charge in [0.1, 0.15) is 0 Å². The van der Waals surface area contributed by atoms with Crippen molar-refractivity contribution in [3.8, 4) is 0 Å². The van der Waals surface area contributed by atoms with E-state index in [9.17, 15) is 4.79 Å². The predicted octanol–water partition coefficient (Wildman–Crippen LogP) is 2.29. The fourth-order valence-corrected chi connectivity index (χ4v) is 2.23. The van der Waals surface area contributed by atoms with Crippen LogP contribution in [0.15, 0.2) is 30.3 Å². The van der Waals surface area contributed by atoms with Crippen LogP contribution in [0.5, 0.6) is 0 Å². The van der Waals surface area contributed by atoms with Gasteiger partial charge in [-0.2, -0.15) is 0 Å². The number of rotatable bonds is 3. The molecule has 1 atom stereocenters. The van der Waals surface area contributed by atoms with Gasteiger partial charge in [-0.05, 0) is 31.5 Å². The Balaban J connectivity index is 1.81. The second-order valence-corrected chi connectivity index (χ2v) is 4.82. The Morgan fingerprint density at radius 3 is 2.83 bits per heavy atom. The summed E-state index contributed by atoms with van der Waals surface area (Å²) in [6, 6.07) is 9.94. The van der Waals surface area contributed by atoms with Crippen LogP contribution in [0.3, 0.4) is 0 Å². The van der Waals surface area contributed by atoms with E-state index in [0.29, 0.717) is 6.04 Å². The van der Waals surface area contributed by atoms with Gasteiger partial charge >= 0.3 is 6.03 Å². The fourth-order valence-electron chi connectivity index (χ4n) is 2.23. The number of amides is 2. The Morgan fingerprint density at radius 1 is 1.39 bits per heavy atom. The predicted molar refractivity (Wildman–Crippen MR) is 73.7 cm³/mol. The van der Waals surface area contributed by atoms with Crippen molar-refractivity contribution in [2.75, 3.05) is 25.5 Å². The number of hydrogen-bond acceptors (Lipinski definition) is 2. The topological polar surface area (TPSA) is 44.4 Å². The smallest absolute Gasteiger partial charge is 0.321 e. The number of carbonyl (C=O) groups excluding carboxylic acids is 1. The van der Waals surface area contributed by atoms with Crippen LogP contribution >= 0.6 is 0 Å². The Morgan fingerprint density at radius 2 is 2.17 bits per heavy atom. The van der Waals surface area contributed by atoms with Gasteiger partial charge in [0.05, 0.1) is 0 Å². The van der Waals surface area contributed by atoms with Gasteiger partial charge in [-0.25, -0.2) is 4.79 Å². The van der Waals surface area contributed by atoms with Crippen LogP contribution in [0, 0.1) is 0 Å². The van der Waals surface area contributed by atoms with E-state index in [1.165, 1.54) is 12.8 Å². The van der Waals surface area contributed by atoms with E-state index >= 15 is 0 Å². The minimum absolute atomic E-state index is 0.0476. The van der Waals surface area contributed by atoms with Gasteiger partial charge in [0.2, 0.25) is 0 Å². The molecule has 1 aromatic carbocycles. The first-order chi connectivity index (χ1) is 8.75. The van der Waals surface area contributed by atoms with E-state index in [2.05, 4.69) is 10.6 Å². The van der Waals surface area contributed by atoms with Crippen LogP contribution in [-0.4, -0.2) is 37.1 Å². The van der Waals surface area contributed by atoms with Gasteiger partial charge in [-0.15, -0.1) is 0 Å². The molecule has 1 aliphatic heterocycles. The lowest BCUT2D eigenvalue weighted by atomic mass is 10.0. The SMILES string of the molecule is CN(CC1CCCCN1)C(=O)Nc1ccccc1. The number of piperidine rings is 1. The lowest BCUT2D eigenvalue weighted by Gasteiger charge is -2.28. The number of nitrogens with zero attached hydrogens (tertiary/aromatic N) is 1. The van der Waals surface area contributed by atoms with Crippen molar-refractivity contribution in [1.29, 1.82) is 0 Å². The van der Waals surface area contributed by atoms with Gasteiger partial charge in [0.25, 0.3) is 0 Å². The first-order valence-electron chi connectivity index (χ1n) is 6.56. The number of likely N-dealkylation sites (N-methyl/N-ethyl adjacent to an activating group) is 1. The molecule has 0 saturated carbocycles. The maximum absolute atomic E-state index is 12.0. The van der Waals surface area contributed by atoms with Crippen molar-refractivity contribution in [3.63, 3.8) is 0 Å². The summed E-state index contributed by atoms with van der Waals surface area (Å²) >= 11 is 0. The van der Waals surface area contributed by atoms with Crippen LogP contribution in [0.2, 0.25) is 0 Å². The molecule has 18 heavy (non-hydrogen) atoms. The zero-order valence-electron chi connectivity index (χ0n) is 10.9. The van der Waals surface area contributed by atoms with Crippen LogP contribution in [-0.2, 0) is 0 Å². The summed E-state index contributed by atoms with van der Waals surface area (Å²) in [5.74, 6) is 0. The monoisotopic (exact) mass is 247 g/mol. The number of nitrogens with one attached hydrogen (secondary N) is 2. The standard InChI is InChI=1S/C14H21N3O/c1-17(11-13-9-5-6-10-15-13)14(18)16-12-7-3-2-4-8-12/h2-4,7-8,13,15H,5-6,9-11H2,1H3,(H,16,18). The summed E-state index contributed by atoms with van der Waals surface area (Å²) in [7, 11) is 1.84. The highest BCUT2D eigenvalue weighted by Gasteiger charge is 2.17. The molecule has 98 valence electrons. The first kappa shape index (κ1) is 12.9. The first-order valence-corrected chi connectivity index (χ1v) is 6.56. The van der Waals surface area contributed by atoms with Crippen molar-refractivity contribution in [3.05, 3.63) is 30.3 Å². The maximum atomic E-state index is 12.0. The van der Waals surface area contributed by atoms with Crippen LogP contribution < -0.4 is 10.6 Å². The molecule has 0 aliphatic carbocycles. The average Bonchev–Trinajstić information content (AvgIpc) is 2.41. The molecule has 1 aromatic rings. The maximum Gasteiger partial charge on any atom is 0.321 e. The highest BCUT2D eigenvalue weighted by atomic mass is 16.2. The van der Waals surface area contributed by atoms with E-state index in [-0.39, 0.29) is 6.03 Å². The summed E-state index contributed by atoms with van der Waals surface area (Å²) in [6.07, 6.45) is 3.66. The molecule has 2 rings (SSSR count). The van der Waals surface area contributed by atoms with E-state index in [0.717, 1.165) is 25.2 Å². The largest absolute Gasteiger partial charge is 0.326 e. The molecular weight excluding hydrogens is 226 g/mol. The molecule has 2 N–H and O–H groups in total. The van der Waals surface area contributed by atoms with Gasteiger partial charge in [0.15, 0.2) is 0 Å². The molecule has 1 unspecified atom stereocenters. The van der Waals surface area contributed by atoms with Gasteiger partial charge in [-0.3, -0.25) is 0 Å². The molecule has 1 fully saturated rings.